The van der Waals surface area contributed by atoms with E-state index in [1.807, 2.05) is 12.1 Å². The van der Waals surface area contributed by atoms with E-state index in [9.17, 15) is 5.11 Å². The predicted octanol–water partition coefficient (Wildman–Crippen LogP) is 2.13. The monoisotopic (exact) mass is 298 g/mol. The van der Waals surface area contributed by atoms with E-state index in [0.29, 0.717) is 25.1 Å². The Morgan fingerprint density at radius 1 is 1.59 bits per heavy atom. The van der Waals surface area contributed by atoms with Crippen molar-refractivity contribution in [3.63, 3.8) is 0 Å². The summed E-state index contributed by atoms with van der Waals surface area (Å²) >= 11 is 3.31. The lowest BCUT2D eigenvalue weighted by Crippen LogP contribution is -2.18. The van der Waals surface area contributed by atoms with Gasteiger partial charge >= 0.3 is 0 Å². The van der Waals surface area contributed by atoms with Gasteiger partial charge in [0.1, 0.15) is 6.07 Å². The van der Waals surface area contributed by atoms with Gasteiger partial charge in [0.15, 0.2) is 0 Å². The van der Waals surface area contributed by atoms with Gasteiger partial charge in [-0.25, -0.2) is 0 Å². The topological polar surface area (TPSA) is 65.3 Å². The second-order valence-corrected chi connectivity index (χ2v) is 4.54. The van der Waals surface area contributed by atoms with Crippen LogP contribution in [0.1, 0.15) is 12.0 Å². The van der Waals surface area contributed by atoms with Crippen LogP contribution in [0.5, 0.6) is 0 Å². The largest absolute Gasteiger partial charge is 0.391 e. The molecule has 0 heterocycles. The molecule has 0 bridgehead atoms. The van der Waals surface area contributed by atoms with Crippen molar-refractivity contribution in [1.82, 2.24) is 0 Å². The second kappa shape index (κ2) is 7.28. The first-order valence-electron chi connectivity index (χ1n) is 5.28. The number of aliphatic hydroxyl groups is 1. The van der Waals surface area contributed by atoms with Gasteiger partial charge in [-0.05, 0) is 24.6 Å². The highest BCUT2D eigenvalue weighted by Gasteiger charge is 2.05. The average Bonchev–Trinajstić information content (AvgIpc) is 2.31. The molecule has 0 aromatic heterocycles. The fraction of sp³-hybridized carbons (Fsp3) is 0.417. The van der Waals surface area contributed by atoms with E-state index >= 15 is 0 Å². The maximum Gasteiger partial charge on any atom is 0.101 e. The minimum Gasteiger partial charge on any atom is -0.391 e. The van der Waals surface area contributed by atoms with Crippen LogP contribution in [-0.2, 0) is 4.74 Å². The number of hydrogen-bond donors (Lipinski definition) is 2. The fourth-order valence-electron chi connectivity index (χ4n) is 1.41. The number of halogens is 1. The van der Waals surface area contributed by atoms with Crippen LogP contribution >= 0.6 is 15.9 Å². The minimum absolute atomic E-state index is 0.327. The molecule has 0 aliphatic carbocycles. The van der Waals surface area contributed by atoms with Crippen molar-refractivity contribution < 1.29 is 9.84 Å². The summed E-state index contributed by atoms with van der Waals surface area (Å²) in [4.78, 5) is 0. The van der Waals surface area contributed by atoms with Gasteiger partial charge < -0.3 is 15.2 Å². The maximum absolute atomic E-state index is 9.46. The van der Waals surface area contributed by atoms with E-state index in [1.54, 1.807) is 13.2 Å². The number of benzene rings is 1. The first-order chi connectivity index (χ1) is 8.17. The first kappa shape index (κ1) is 14.0. The maximum atomic E-state index is 9.46. The molecule has 0 unspecified atom stereocenters. The van der Waals surface area contributed by atoms with E-state index < -0.39 is 6.10 Å². The van der Waals surface area contributed by atoms with Gasteiger partial charge in [0.25, 0.3) is 0 Å². The molecule has 0 spiro atoms. The number of methoxy groups -OCH3 is 1. The van der Waals surface area contributed by atoms with E-state index in [1.165, 1.54) is 0 Å². The van der Waals surface area contributed by atoms with Gasteiger partial charge in [0, 0.05) is 18.1 Å². The summed E-state index contributed by atoms with van der Waals surface area (Å²) in [5.74, 6) is 0. The van der Waals surface area contributed by atoms with Crippen molar-refractivity contribution in [2.45, 2.75) is 12.5 Å². The lowest BCUT2D eigenvalue weighted by molar-refractivity contribution is 0.0615. The third-order valence-electron chi connectivity index (χ3n) is 2.25. The molecule has 92 valence electrons. The molecule has 0 saturated carbocycles. The van der Waals surface area contributed by atoms with Gasteiger partial charge in [0.2, 0.25) is 0 Å². The van der Waals surface area contributed by atoms with Gasteiger partial charge in [-0.1, -0.05) is 15.9 Å². The number of nitrogens with zero attached hydrogens (tertiary/aromatic N) is 1. The average molecular weight is 299 g/mol. The molecular weight excluding hydrogens is 284 g/mol. The Balaban J connectivity index is 2.50. The second-order valence-electron chi connectivity index (χ2n) is 3.63. The predicted molar refractivity (Wildman–Crippen MR) is 69.8 cm³/mol. The zero-order chi connectivity index (χ0) is 12.7. The van der Waals surface area contributed by atoms with Crippen LogP contribution in [0.2, 0.25) is 0 Å². The molecule has 2 N–H and O–H groups in total. The van der Waals surface area contributed by atoms with E-state index in [0.717, 1.165) is 10.2 Å². The summed E-state index contributed by atoms with van der Waals surface area (Å²) in [6.07, 6.45) is 0.0999. The number of rotatable bonds is 6. The number of hydrogen-bond acceptors (Lipinski definition) is 4. The molecule has 0 radical (unpaired) electrons. The molecule has 17 heavy (non-hydrogen) atoms. The third-order valence-corrected chi connectivity index (χ3v) is 2.75. The standard InChI is InChI=1S/C12H15BrN2O2/c1-17-8-11(16)4-5-15-12-3-2-10(13)6-9(12)7-14/h2-3,6,11,15-16H,4-5,8H2,1H3/t11-/m0/s1. The first-order valence-corrected chi connectivity index (χ1v) is 6.07. The molecule has 1 rings (SSSR count). The van der Waals surface area contributed by atoms with Crippen LogP contribution in [0, 0.1) is 11.3 Å². The van der Waals surface area contributed by atoms with Gasteiger partial charge in [-0.2, -0.15) is 5.26 Å². The molecule has 0 aliphatic heterocycles. The summed E-state index contributed by atoms with van der Waals surface area (Å²) in [5.41, 5.74) is 1.36. The van der Waals surface area contributed by atoms with Crippen molar-refractivity contribution in [3.05, 3.63) is 28.2 Å². The van der Waals surface area contributed by atoms with Crippen molar-refractivity contribution >= 4 is 21.6 Å². The van der Waals surface area contributed by atoms with Crippen molar-refractivity contribution in [1.29, 1.82) is 5.26 Å². The van der Waals surface area contributed by atoms with Crippen LogP contribution in [0.15, 0.2) is 22.7 Å². The van der Waals surface area contributed by atoms with Crippen molar-refractivity contribution in [2.24, 2.45) is 0 Å². The Morgan fingerprint density at radius 2 is 2.35 bits per heavy atom. The summed E-state index contributed by atoms with van der Waals surface area (Å²) < 4.78 is 5.70. The van der Waals surface area contributed by atoms with Crippen molar-refractivity contribution in [2.75, 3.05) is 25.6 Å². The number of nitriles is 1. The van der Waals surface area contributed by atoms with Gasteiger partial charge in [0.05, 0.1) is 24.0 Å². The summed E-state index contributed by atoms with van der Waals surface area (Å²) in [6.45, 7) is 0.925. The van der Waals surface area contributed by atoms with Crippen LogP contribution in [0.3, 0.4) is 0 Å². The van der Waals surface area contributed by atoms with Gasteiger partial charge in [-0.3, -0.25) is 0 Å². The summed E-state index contributed by atoms with van der Waals surface area (Å²) in [7, 11) is 1.55. The van der Waals surface area contributed by atoms with E-state index in [4.69, 9.17) is 10.00 Å². The molecular formula is C12H15BrN2O2. The highest BCUT2D eigenvalue weighted by Crippen LogP contribution is 2.20. The third kappa shape index (κ3) is 4.73. The van der Waals surface area contributed by atoms with Crippen LogP contribution in [0.4, 0.5) is 5.69 Å². The van der Waals surface area contributed by atoms with Gasteiger partial charge in [-0.15, -0.1) is 0 Å². The number of aliphatic hydroxyl groups excluding tert-OH is 1. The smallest absolute Gasteiger partial charge is 0.101 e. The molecule has 5 heteroatoms. The van der Waals surface area contributed by atoms with Crippen LogP contribution < -0.4 is 5.32 Å². The quantitative estimate of drug-likeness (QED) is 0.844. The molecule has 4 nitrogen and oxygen atoms in total. The Labute approximate surface area is 109 Å². The highest BCUT2D eigenvalue weighted by atomic mass is 79.9. The Morgan fingerprint density at radius 3 is 3.00 bits per heavy atom. The molecule has 1 aromatic rings. The molecule has 0 aliphatic rings. The zero-order valence-electron chi connectivity index (χ0n) is 9.61. The number of nitrogens with one attached hydrogen (secondary N) is 1. The molecule has 0 saturated heterocycles. The molecule has 0 fully saturated rings. The summed E-state index contributed by atoms with van der Waals surface area (Å²) in [6, 6.07) is 7.59. The van der Waals surface area contributed by atoms with Crippen LogP contribution in [0.25, 0.3) is 0 Å². The fourth-order valence-corrected chi connectivity index (χ4v) is 1.77. The molecule has 0 amide bonds. The number of ether oxygens (including phenoxy) is 1. The van der Waals surface area contributed by atoms with Crippen LogP contribution in [-0.4, -0.2) is 31.5 Å². The normalized spacial score (nSPS) is 11.9. The number of anilines is 1. The van der Waals surface area contributed by atoms with E-state index in [2.05, 4.69) is 27.3 Å². The Kier molecular flexibility index (Phi) is 5.98. The van der Waals surface area contributed by atoms with Crippen molar-refractivity contribution in [3.8, 4) is 6.07 Å². The lowest BCUT2D eigenvalue weighted by atomic mass is 10.2. The van der Waals surface area contributed by atoms with E-state index in [-0.39, 0.29) is 0 Å². The SMILES string of the molecule is COC[C@@H](O)CCNc1ccc(Br)cc1C#N. The lowest BCUT2D eigenvalue weighted by Gasteiger charge is -2.11. The summed E-state index contributed by atoms with van der Waals surface area (Å²) in [5, 5.41) is 21.5. The zero-order valence-corrected chi connectivity index (χ0v) is 11.2. The highest BCUT2D eigenvalue weighted by molar-refractivity contribution is 9.10. The Hall–Kier alpha value is -1.09. The molecule has 1 aromatic carbocycles. The minimum atomic E-state index is -0.478. The Bertz CT molecular complexity index is 404. The molecule has 1 atom stereocenters.